The van der Waals surface area contributed by atoms with Gasteiger partial charge in [-0.15, -0.1) is 0 Å². The molecule has 0 atom stereocenters. The van der Waals surface area contributed by atoms with Crippen LogP contribution in [0, 0.1) is 0 Å². The van der Waals surface area contributed by atoms with Gasteiger partial charge < -0.3 is 14.8 Å². The minimum Gasteiger partial charge on any atom is -0.454 e. The van der Waals surface area contributed by atoms with Crippen molar-refractivity contribution in [1.29, 1.82) is 0 Å². The summed E-state index contributed by atoms with van der Waals surface area (Å²) in [5, 5.41) is 2.50. The first-order valence-corrected chi connectivity index (χ1v) is 6.98. The van der Waals surface area contributed by atoms with Gasteiger partial charge in [0.1, 0.15) is 0 Å². The predicted octanol–water partition coefficient (Wildman–Crippen LogP) is 4.24. The number of allylic oxidation sites excluding steroid dienone is 1. The Bertz CT molecular complexity index is 800. The molecule has 124 valence electrons. The number of carbonyl (C=O) groups is 1. The number of anilines is 1. The number of para-hydroxylation sites is 1. The molecule has 0 radical (unpaired) electrons. The number of rotatable bonds is 4. The average molecular weight is 335 g/mol. The average Bonchev–Trinajstić information content (AvgIpc) is 3.01. The highest BCUT2D eigenvalue weighted by Crippen LogP contribution is 2.35. The Hall–Kier alpha value is -2.96. The minimum absolute atomic E-state index is 0.0958. The van der Waals surface area contributed by atoms with E-state index in [2.05, 4.69) is 5.32 Å². The van der Waals surface area contributed by atoms with E-state index in [1.54, 1.807) is 12.1 Å². The van der Waals surface area contributed by atoms with Gasteiger partial charge in [0, 0.05) is 17.8 Å². The van der Waals surface area contributed by atoms with Crippen molar-refractivity contribution < 1.29 is 27.4 Å². The van der Waals surface area contributed by atoms with Crippen LogP contribution in [0.15, 0.2) is 54.7 Å². The van der Waals surface area contributed by atoms with Gasteiger partial charge in [-0.1, -0.05) is 12.1 Å². The number of fused-ring (bicyclic) bond motifs is 1. The lowest BCUT2D eigenvalue weighted by Gasteiger charge is -2.11. The number of alkyl halides is 3. The van der Waals surface area contributed by atoms with Crippen LogP contribution in [-0.4, -0.2) is 12.6 Å². The van der Waals surface area contributed by atoms with Crippen molar-refractivity contribution in [2.24, 2.45) is 0 Å². The molecule has 0 bridgehead atoms. The van der Waals surface area contributed by atoms with Crippen molar-refractivity contribution in [3.63, 3.8) is 0 Å². The lowest BCUT2D eigenvalue weighted by Crippen LogP contribution is -2.08. The maximum atomic E-state index is 12.9. The fraction of sp³-hybridized carbons (Fsp3) is 0.118. The molecule has 7 heteroatoms. The van der Waals surface area contributed by atoms with Crippen LogP contribution >= 0.6 is 0 Å². The van der Waals surface area contributed by atoms with Crippen LogP contribution < -0.4 is 14.8 Å². The van der Waals surface area contributed by atoms with Crippen molar-refractivity contribution >= 4 is 11.5 Å². The molecule has 1 aliphatic rings. The molecular formula is C17H12F3NO3. The van der Waals surface area contributed by atoms with E-state index in [9.17, 15) is 18.0 Å². The number of ketones is 1. The van der Waals surface area contributed by atoms with Crippen LogP contribution in [0.3, 0.4) is 0 Å². The fourth-order valence-electron chi connectivity index (χ4n) is 2.21. The van der Waals surface area contributed by atoms with Gasteiger partial charge in [-0.3, -0.25) is 4.79 Å². The van der Waals surface area contributed by atoms with Crippen LogP contribution in [0.4, 0.5) is 18.9 Å². The Balaban J connectivity index is 1.72. The predicted molar refractivity (Wildman–Crippen MR) is 81.1 cm³/mol. The van der Waals surface area contributed by atoms with E-state index in [0.717, 1.165) is 12.1 Å². The van der Waals surface area contributed by atoms with E-state index in [4.69, 9.17) is 9.47 Å². The maximum Gasteiger partial charge on any atom is 0.418 e. The molecule has 0 amide bonds. The summed E-state index contributed by atoms with van der Waals surface area (Å²) in [6, 6.07) is 9.73. The number of benzene rings is 2. The highest BCUT2D eigenvalue weighted by atomic mass is 19.4. The molecule has 24 heavy (non-hydrogen) atoms. The van der Waals surface area contributed by atoms with Gasteiger partial charge in [0.25, 0.3) is 0 Å². The van der Waals surface area contributed by atoms with Crippen molar-refractivity contribution in [2.45, 2.75) is 6.18 Å². The summed E-state index contributed by atoms with van der Waals surface area (Å²) in [6.07, 6.45) is -2.14. The third-order valence-corrected chi connectivity index (χ3v) is 3.36. The molecule has 0 aromatic heterocycles. The Morgan fingerprint density at radius 3 is 2.62 bits per heavy atom. The van der Waals surface area contributed by atoms with Crippen molar-refractivity contribution in [2.75, 3.05) is 12.1 Å². The largest absolute Gasteiger partial charge is 0.454 e. The second-order valence-corrected chi connectivity index (χ2v) is 4.95. The molecule has 0 aliphatic carbocycles. The van der Waals surface area contributed by atoms with Crippen molar-refractivity contribution in [3.8, 4) is 11.5 Å². The van der Waals surface area contributed by atoms with Gasteiger partial charge in [-0.05, 0) is 30.3 Å². The molecular weight excluding hydrogens is 323 g/mol. The first-order chi connectivity index (χ1) is 11.4. The lowest BCUT2D eigenvalue weighted by molar-refractivity contribution is -0.136. The number of halogens is 3. The van der Waals surface area contributed by atoms with Crippen molar-refractivity contribution in [1.82, 2.24) is 0 Å². The van der Waals surface area contributed by atoms with Crippen LogP contribution in [0.25, 0.3) is 0 Å². The first-order valence-electron chi connectivity index (χ1n) is 6.98. The molecule has 4 nitrogen and oxygen atoms in total. The Labute approximate surface area is 135 Å². The third kappa shape index (κ3) is 3.34. The molecule has 0 saturated heterocycles. The van der Waals surface area contributed by atoms with Crippen LogP contribution in [0.5, 0.6) is 11.5 Å². The minimum atomic E-state index is -4.47. The van der Waals surface area contributed by atoms with Gasteiger partial charge in [0.05, 0.1) is 11.3 Å². The second-order valence-electron chi connectivity index (χ2n) is 4.95. The van der Waals surface area contributed by atoms with E-state index < -0.39 is 11.7 Å². The Kier molecular flexibility index (Phi) is 4.16. The highest BCUT2D eigenvalue weighted by molar-refractivity contribution is 6.05. The SMILES string of the molecule is O=C(/C=C\Nc1ccccc1C(F)(F)F)c1ccc2c(c1)OCO2. The van der Waals surface area contributed by atoms with E-state index in [0.29, 0.717) is 17.1 Å². The molecule has 2 aromatic rings. The Morgan fingerprint density at radius 1 is 1.08 bits per heavy atom. The van der Waals surface area contributed by atoms with E-state index in [1.165, 1.54) is 30.5 Å². The quantitative estimate of drug-likeness (QED) is 0.670. The zero-order chi connectivity index (χ0) is 17.2. The van der Waals surface area contributed by atoms with Gasteiger partial charge in [-0.2, -0.15) is 13.2 Å². The van der Waals surface area contributed by atoms with Gasteiger partial charge >= 0.3 is 6.18 Å². The monoisotopic (exact) mass is 335 g/mol. The smallest absolute Gasteiger partial charge is 0.418 e. The highest BCUT2D eigenvalue weighted by Gasteiger charge is 2.32. The van der Waals surface area contributed by atoms with E-state index in [1.807, 2.05) is 0 Å². The molecule has 1 aliphatic heterocycles. The molecule has 1 heterocycles. The fourth-order valence-corrected chi connectivity index (χ4v) is 2.21. The summed E-state index contributed by atoms with van der Waals surface area (Å²) >= 11 is 0. The standard InChI is InChI=1S/C17H12F3NO3/c18-17(19,20)12-3-1-2-4-13(12)21-8-7-14(22)11-5-6-15-16(9-11)24-10-23-15/h1-9,21H,10H2/b8-7-. The molecule has 0 spiro atoms. The maximum absolute atomic E-state index is 12.9. The number of hydrogen-bond acceptors (Lipinski definition) is 4. The number of nitrogens with one attached hydrogen (secondary N) is 1. The van der Waals surface area contributed by atoms with Crippen LogP contribution in [0.1, 0.15) is 15.9 Å². The van der Waals surface area contributed by atoms with Gasteiger partial charge in [0.2, 0.25) is 6.79 Å². The first kappa shape index (κ1) is 15.9. The summed E-state index contributed by atoms with van der Waals surface area (Å²) in [5.41, 5.74) is -0.577. The normalized spacial score (nSPS) is 13.3. The molecule has 0 fully saturated rings. The number of hydrogen-bond donors (Lipinski definition) is 1. The van der Waals surface area contributed by atoms with Crippen LogP contribution in [0.2, 0.25) is 0 Å². The molecule has 1 N–H and O–H groups in total. The zero-order valence-electron chi connectivity index (χ0n) is 12.3. The summed E-state index contributed by atoms with van der Waals surface area (Å²) in [7, 11) is 0. The summed E-state index contributed by atoms with van der Waals surface area (Å²) in [6.45, 7) is 0.0958. The summed E-state index contributed by atoms with van der Waals surface area (Å²) in [4.78, 5) is 12.1. The molecule has 3 rings (SSSR count). The second kappa shape index (κ2) is 6.27. The summed E-state index contributed by atoms with van der Waals surface area (Å²) < 4.78 is 48.9. The van der Waals surface area contributed by atoms with E-state index in [-0.39, 0.29) is 18.3 Å². The number of ether oxygens (including phenoxy) is 2. The van der Waals surface area contributed by atoms with Gasteiger partial charge in [-0.25, -0.2) is 0 Å². The topological polar surface area (TPSA) is 47.6 Å². The zero-order valence-corrected chi connectivity index (χ0v) is 12.3. The molecule has 2 aromatic carbocycles. The Morgan fingerprint density at radius 2 is 1.83 bits per heavy atom. The van der Waals surface area contributed by atoms with Crippen molar-refractivity contribution in [3.05, 3.63) is 65.9 Å². The molecule has 0 saturated carbocycles. The third-order valence-electron chi connectivity index (χ3n) is 3.36. The van der Waals surface area contributed by atoms with Crippen LogP contribution in [-0.2, 0) is 6.18 Å². The van der Waals surface area contributed by atoms with Gasteiger partial charge in [0.15, 0.2) is 17.3 Å². The van der Waals surface area contributed by atoms with E-state index >= 15 is 0 Å². The summed E-state index contributed by atoms with van der Waals surface area (Å²) in [5.74, 6) is 0.641. The molecule has 0 unspecified atom stereocenters. The number of carbonyl (C=O) groups excluding carboxylic acids is 1. The lowest BCUT2D eigenvalue weighted by atomic mass is 10.1.